The standard InChI is InChI=1S/C15H19N3O2S/c1-9-5-6-11(20-2)12-13(9)21-15(17-12)18-7-3-4-10(8-18)14(16)19/h5-6,10H,3-4,7-8H2,1-2H3,(H2,16,19). The molecule has 2 heterocycles. The van der Waals surface area contributed by atoms with Gasteiger partial charge < -0.3 is 15.4 Å². The van der Waals surface area contributed by atoms with Gasteiger partial charge in [0.1, 0.15) is 11.3 Å². The van der Waals surface area contributed by atoms with Crippen LogP contribution in [0.4, 0.5) is 5.13 Å². The number of hydrogen-bond acceptors (Lipinski definition) is 5. The second kappa shape index (κ2) is 5.52. The first kappa shape index (κ1) is 14.1. The van der Waals surface area contributed by atoms with Crippen LogP contribution in [0.3, 0.4) is 0 Å². The summed E-state index contributed by atoms with van der Waals surface area (Å²) in [6.07, 6.45) is 1.85. The highest BCUT2D eigenvalue weighted by molar-refractivity contribution is 7.22. The number of carbonyl (C=O) groups is 1. The van der Waals surface area contributed by atoms with Crippen molar-refractivity contribution < 1.29 is 9.53 Å². The van der Waals surface area contributed by atoms with Crippen LogP contribution in [0.25, 0.3) is 10.2 Å². The number of piperidine rings is 1. The van der Waals surface area contributed by atoms with Crippen LogP contribution in [0.1, 0.15) is 18.4 Å². The summed E-state index contributed by atoms with van der Waals surface area (Å²) < 4.78 is 6.54. The summed E-state index contributed by atoms with van der Waals surface area (Å²) in [5.41, 5.74) is 7.54. The van der Waals surface area contributed by atoms with E-state index in [9.17, 15) is 4.79 Å². The molecule has 0 radical (unpaired) electrons. The third-order valence-electron chi connectivity index (χ3n) is 4.01. The SMILES string of the molecule is COc1ccc(C)c2sc(N3CCCC(C(N)=O)C3)nc12. The molecular formula is C15H19N3O2S. The summed E-state index contributed by atoms with van der Waals surface area (Å²) in [6.45, 7) is 3.66. The molecule has 1 aliphatic rings. The summed E-state index contributed by atoms with van der Waals surface area (Å²) in [5.74, 6) is 0.505. The van der Waals surface area contributed by atoms with Crippen molar-refractivity contribution in [3.05, 3.63) is 17.7 Å². The number of rotatable bonds is 3. The van der Waals surface area contributed by atoms with Gasteiger partial charge in [0, 0.05) is 13.1 Å². The molecule has 5 nitrogen and oxygen atoms in total. The second-order valence-corrected chi connectivity index (χ2v) is 6.42. The lowest BCUT2D eigenvalue weighted by Crippen LogP contribution is -2.41. The number of fused-ring (bicyclic) bond motifs is 1. The van der Waals surface area contributed by atoms with Crippen LogP contribution in [-0.2, 0) is 4.79 Å². The maximum absolute atomic E-state index is 11.4. The number of anilines is 1. The lowest BCUT2D eigenvalue weighted by molar-refractivity contribution is -0.122. The monoisotopic (exact) mass is 305 g/mol. The second-order valence-electron chi connectivity index (χ2n) is 5.45. The van der Waals surface area contributed by atoms with Crippen molar-refractivity contribution >= 4 is 32.6 Å². The van der Waals surface area contributed by atoms with E-state index in [1.54, 1.807) is 18.4 Å². The number of aromatic nitrogens is 1. The lowest BCUT2D eigenvalue weighted by atomic mass is 9.98. The zero-order chi connectivity index (χ0) is 15.0. The van der Waals surface area contributed by atoms with Crippen molar-refractivity contribution in [2.45, 2.75) is 19.8 Å². The Labute approximate surface area is 127 Å². The number of thiazole rings is 1. The van der Waals surface area contributed by atoms with Crippen molar-refractivity contribution in [1.82, 2.24) is 4.98 Å². The van der Waals surface area contributed by atoms with Gasteiger partial charge in [-0.2, -0.15) is 0 Å². The van der Waals surface area contributed by atoms with E-state index in [0.29, 0.717) is 6.54 Å². The van der Waals surface area contributed by atoms with Crippen molar-refractivity contribution in [1.29, 1.82) is 0 Å². The molecule has 1 aromatic heterocycles. The molecule has 0 aliphatic carbocycles. The molecule has 21 heavy (non-hydrogen) atoms. The van der Waals surface area contributed by atoms with Crippen molar-refractivity contribution in [2.75, 3.05) is 25.1 Å². The molecule has 6 heteroatoms. The fourth-order valence-corrected chi connectivity index (χ4v) is 3.87. The smallest absolute Gasteiger partial charge is 0.222 e. The number of amides is 1. The summed E-state index contributed by atoms with van der Waals surface area (Å²) in [5, 5.41) is 0.948. The Balaban J connectivity index is 1.97. The molecule has 1 saturated heterocycles. The fraction of sp³-hybridized carbons (Fsp3) is 0.467. The first-order valence-electron chi connectivity index (χ1n) is 7.08. The normalized spacial score (nSPS) is 19.0. The predicted molar refractivity (Wildman–Crippen MR) is 85.0 cm³/mol. The highest BCUT2D eigenvalue weighted by Crippen LogP contribution is 2.37. The van der Waals surface area contributed by atoms with E-state index in [-0.39, 0.29) is 11.8 Å². The van der Waals surface area contributed by atoms with E-state index in [4.69, 9.17) is 15.5 Å². The highest BCUT2D eigenvalue weighted by Gasteiger charge is 2.26. The zero-order valence-corrected chi connectivity index (χ0v) is 13.1. The number of hydrogen-bond donors (Lipinski definition) is 1. The first-order chi connectivity index (χ1) is 10.1. The predicted octanol–water partition coefficient (Wildman–Crippen LogP) is 2.32. The van der Waals surface area contributed by atoms with Crippen LogP contribution in [0.5, 0.6) is 5.75 Å². The molecule has 3 rings (SSSR count). The van der Waals surface area contributed by atoms with Crippen LogP contribution >= 0.6 is 11.3 Å². The zero-order valence-electron chi connectivity index (χ0n) is 12.3. The van der Waals surface area contributed by atoms with Gasteiger partial charge in [-0.3, -0.25) is 4.79 Å². The number of benzene rings is 1. The number of aryl methyl sites for hydroxylation is 1. The number of nitrogens with zero attached hydrogens (tertiary/aromatic N) is 2. The Kier molecular flexibility index (Phi) is 3.71. The van der Waals surface area contributed by atoms with Crippen LogP contribution in [0.2, 0.25) is 0 Å². The van der Waals surface area contributed by atoms with Gasteiger partial charge in [0.25, 0.3) is 0 Å². The molecule has 0 saturated carbocycles. The topological polar surface area (TPSA) is 68.5 Å². The molecular weight excluding hydrogens is 286 g/mol. The summed E-state index contributed by atoms with van der Waals surface area (Å²) in [4.78, 5) is 18.3. The highest BCUT2D eigenvalue weighted by atomic mass is 32.1. The fourth-order valence-electron chi connectivity index (χ4n) is 2.78. The van der Waals surface area contributed by atoms with Crippen molar-refractivity contribution in [3.8, 4) is 5.75 Å². The molecule has 1 amide bonds. The quantitative estimate of drug-likeness (QED) is 0.945. The molecule has 0 spiro atoms. The molecule has 1 aromatic carbocycles. The molecule has 0 bridgehead atoms. The lowest BCUT2D eigenvalue weighted by Gasteiger charge is -2.30. The number of carbonyl (C=O) groups excluding carboxylic acids is 1. The van der Waals surface area contributed by atoms with E-state index in [0.717, 1.165) is 40.5 Å². The van der Waals surface area contributed by atoms with E-state index in [2.05, 4.69) is 11.8 Å². The van der Waals surface area contributed by atoms with Gasteiger partial charge in [0.15, 0.2) is 5.13 Å². The van der Waals surface area contributed by atoms with Crippen molar-refractivity contribution in [2.24, 2.45) is 11.7 Å². The number of primary amides is 1. The van der Waals surface area contributed by atoms with Crippen LogP contribution in [0.15, 0.2) is 12.1 Å². The Bertz CT molecular complexity index is 683. The average molecular weight is 305 g/mol. The maximum atomic E-state index is 11.4. The van der Waals surface area contributed by atoms with Crippen LogP contribution < -0.4 is 15.4 Å². The Morgan fingerprint density at radius 2 is 2.33 bits per heavy atom. The van der Waals surface area contributed by atoms with Gasteiger partial charge in [-0.05, 0) is 31.4 Å². The minimum Gasteiger partial charge on any atom is -0.494 e. The van der Waals surface area contributed by atoms with Gasteiger partial charge in [-0.15, -0.1) is 0 Å². The average Bonchev–Trinajstić information content (AvgIpc) is 2.94. The molecule has 1 unspecified atom stereocenters. The van der Waals surface area contributed by atoms with E-state index in [1.165, 1.54) is 5.56 Å². The largest absolute Gasteiger partial charge is 0.494 e. The molecule has 2 aromatic rings. The summed E-state index contributed by atoms with van der Waals surface area (Å²) in [7, 11) is 1.66. The van der Waals surface area contributed by atoms with Crippen LogP contribution in [0, 0.1) is 12.8 Å². The van der Waals surface area contributed by atoms with E-state index >= 15 is 0 Å². The Morgan fingerprint density at radius 3 is 3.05 bits per heavy atom. The van der Waals surface area contributed by atoms with E-state index in [1.807, 2.05) is 12.1 Å². The van der Waals surface area contributed by atoms with Gasteiger partial charge in [-0.1, -0.05) is 17.4 Å². The maximum Gasteiger partial charge on any atom is 0.222 e. The molecule has 1 atom stereocenters. The number of nitrogens with two attached hydrogens (primary N) is 1. The van der Waals surface area contributed by atoms with Crippen LogP contribution in [-0.4, -0.2) is 31.1 Å². The van der Waals surface area contributed by atoms with Gasteiger partial charge in [-0.25, -0.2) is 4.98 Å². The van der Waals surface area contributed by atoms with Crippen molar-refractivity contribution in [3.63, 3.8) is 0 Å². The van der Waals surface area contributed by atoms with Gasteiger partial charge >= 0.3 is 0 Å². The number of methoxy groups -OCH3 is 1. The van der Waals surface area contributed by atoms with Gasteiger partial charge in [0.05, 0.1) is 17.7 Å². The minimum absolute atomic E-state index is 0.0752. The summed E-state index contributed by atoms with van der Waals surface area (Å²) >= 11 is 1.66. The molecule has 1 aliphatic heterocycles. The van der Waals surface area contributed by atoms with Gasteiger partial charge in [0.2, 0.25) is 5.91 Å². The molecule has 112 valence electrons. The Morgan fingerprint density at radius 1 is 1.52 bits per heavy atom. The minimum atomic E-state index is -0.213. The van der Waals surface area contributed by atoms with E-state index < -0.39 is 0 Å². The Hall–Kier alpha value is -1.82. The summed E-state index contributed by atoms with van der Waals surface area (Å²) in [6, 6.07) is 4.00. The number of ether oxygens (including phenoxy) is 1. The molecule has 2 N–H and O–H groups in total. The first-order valence-corrected chi connectivity index (χ1v) is 7.90. The third kappa shape index (κ3) is 2.55. The third-order valence-corrected chi connectivity index (χ3v) is 5.26. The molecule has 1 fully saturated rings.